The van der Waals surface area contributed by atoms with E-state index in [0.717, 1.165) is 35.8 Å². The first kappa shape index (κ1) is 16.5. The fourth-order valence-corrected chi connectivity index (χ4v) is 3.63. The number of aliphatic hydroxyl groups excluding tert-OH is 1. The number of halogens is 1. The van der Waals surface area contributed by atoms with Crippen LogP contribution in [0.5, 0.6) is 5.75 Å². The van der Waals surface area contributed by atoms with E-state index in [4.69, 9.17) is 16.3 Å². The summed E-state index contributed by atoms with van der Waals surface area (Å²) in [5.74, 6) is 0.786. The highest BCUT2D eigenvalue weighted by atomic mass is 35.5. The molecule has 0 saturated heterocycles. The number of nitrogens with zero attached hydrogens (tertiary/aromatic N) is 1. The Bertz CT molecular complexity index is 863. The van der Waals surface area contributed by atoms with Gasteiger partial charge in [-0.25, -0.2) is 0 Å². The zero-order valence-electron chi connectivity index (χ0n) is 13.9. The van der Waals surface area contributed by atoms with E-state index in [2.05, 4.69) is 9.88 Å². The highest BCUT2D eigenvalue weighted by Gasteiger charge is 2.22. The lowest BCUT2D eigenvalue weighted by molar-refractivity contribution is 0.0638. The number of nitrogens with one attached hydrogen (secondary N) is 1. The van der Waals surface area contributed by atoms with E-state index in [1.807, 2.05) is 48.5 Å². The zero-order chi connectivity index (χ0) is 17.2. The van der Waals surface area contributed by atoms with Crippen LogP contribution in [-0.4, -0.2) is 40.8 Å². The van der Waals surface area contributed by atoms with E-state index in [1.54, 1.807) is 0 Å². The Hall–Kier alpha value is -2.01. The number of aromatic amines is 1. The fourth-order valence-electron chi connectivity index (χ4n) is 3.46. The fraction of sp³-hybridized carbons (Fsp3) is 0.300. The summed E-state index contributed by atoms with van der Waals surface area (Å²) in [5, 5.41) is 12.3. The lowest BCUT2D eigenvalue weighted by Gasteiger charge is -2.29. The normalized spacial score (nSPS) is 15.9. The van der Waals surface area contributed by atoms with Gasteiger partial charge in [-0.3, -0.25) is 4.90 Å². The van der Waals surface area contributed by atoms with Crippen LogP contribution >= 0.6 is 11.6 Å². The van der Waals surface area contributed by atoms with E-state index in [0.29, 0.717) is 13.2 Å². The second kappa shape index (κ2) is 7.08. The molecule has 0 fully saturated rings. The minimum atomic E-state index is -0.518. The van der Waals surface area contributed by atoms with Crippen LogP contribution < -0.4 is 4.74 Å². The third-order valence-corrected chi connectivity index (χ3v) is 4.91. The van der Waals surface area contributed by atoms with Crippen molar-refractivity contribution in [2.75, 3.05) is 19.7 Å². The summed E-state index contributed by atoms with van der Waals surface area (Å²) >= 11 is 6.15. The minimum absolute atomic E-state index is 0.299. The zero-order valence-corrected chi connectivity index (χ0v) is 14.7. The van der Waals surface area contributed by atoms with Gasteiger partial charge in [-0.1, -0.05) is 29.8 Å². The highest BCUT2D eigenvalue weighted by molar-refractivity contribution is 6.31. The van der Waals surface area contributed by atoms with E-state index >= 15 is 0 Å². The quantitative estimate of drug-likeness (QED) is 0.734. The number of H-pyrrole nitrogens is 1. The maximum atomic E-state index is 10.3. The van der Waals surface area contributed by atoms with Gasteiger partial charge in [-0.15, -0.1) is 0 Å². The van der Waals surface area contributed by atoms with Crippen molar-refractivity contribution in [3.63, 3.8) is 0 Å². The van der Waals surface area contributed by atoms with Gasteiger partial charge in [0, 0.05) is 47.7 Å². The summed E-state index contributed by atoms with van der Waals surface area (Å²) in [7, 11) is 0. The van der Waals surface area contributed by atoms with Gasteiger partial charge in [0.2, 0.25) is 0 Å². The number of benzene rings is 2. The summed E-state index contributed by atoms with van der Waals surface area (Å²) in [5.41, 5.74) is 3.70. The maximum Gasteiger partial charge on any atom is 0.119 e. The number of aliphatic hydroxyl groups is 1. The van der Waals surface area contributed by atoms with Crippen molar-refractivity contribution in [3.05, 3.63) is 64.8 Å². The van der Waals surface area contributed by atoms with Gasteiger partial charge in [-0.2, -0.15) is 0 Å². The van der Waals surface area contributed by atoms with Crippen molar-refractivity contribution in [2.24, 2.45) is 0 Å². The highest BCUT2D eigenvalue weighted by Crippen LogP contribution is 2.29. The van der Waals surface area contributed by atoms with Crippen LogP contribution in [0.25, 0.3) is 10.9 Å². The summed E-state index contributed by atoms with van der Waals surface area (Å²) < 4.78 is 5.65. The van der Waals surface area contributed by atoms with Crippen molar-refractivity contribution in [3.8, 4) is 5.75 Å². The van der Waals surface area contributed by atoms with Crippen LogP contribution in [0, 0.1) is 0 Å². The van der Waals surface area contributed by atoms with E-state index in [1.165, 1.54) is 16.6 Å². The number of ether oxygens (including phenoxy) is 1. The Morgan fingerprint density at radius 1 is 1.20 bits per heavy atom. The summed E-state index contributed by atoms with van der Waals surface area (Å²) in [4.78, 5) is 5.76. The molecule has 4 rings (SSSR count). The smallest absolute Gasteiger partial charge is 0.119 e. The third-order valence-electron chi connectivity index (χ3n) is 4.67. The molecule has 1 atom stereocenters. The predicted octanol–water partition coefficient (Wildman–Crippen LogP) is 3.62. The Morgan fingerprint density at radius 2 is 2.04 bits per heavy atom. The van der Waals surface area contributed by atoms with Crippen molar-refractivity contribution < 1.29 is 9.84 Å². The molecule has 1 aliphatic rings. The predicted molar refractivity (Wildman–Crippen MR) is 100 cm³/mol. The number of para-hydroxylation sites is 1. The lowest BCUT2D eigenvalue weighted by atomic mass is 10.0. The molecule has 1 aromatic heterocycles. The number of hydrogen-bond acceptors (Lipinski definition) is 3. The minimum Gasteiger partial charge on any atom is -0.491 e. The first-order chi connectivity index (χ1) is 12.2. The van der Waals surface area contributed by atoms with Crippen molar-refractivity contribution in [2.45, 2.75) is 19.1 Å². The van der Waals surface area contributed by atoms with Crippen LogP contribution in [0.3, 0.4) is 0 Å². The molecule has 0 spiro atoms. The third kappa shape index (κ3) is 3.66. The molecule has 5 heteroatoms. The van der Waals surface area contributed by atoms with E-state index < -0.39 is 6.10 Å². The molecule has 130 valence electrons. The van der Waals surface area contributed by atoms with Gasteiger partial charge < -0.3 is 14.8 Å². The van der Waals surface area contributed by atoms with Crippen molar-refractivity contribution in [1.82, 2.24) is 9.88 Å². The molecule has 4 nitrogen and oxygen atoms in total. The largest absolute Gasteiger partial charge is 0.491 e. The molecule has 25 heavy (non-hydrogen) atoms. The molecular weight excluding hydrogens is 336 g/mol. The molecule has 2 heterocycles. The van der Waals surface area contributed by atoms with E-state index in [-0.39, 0.29) is 0 Å². The van der Waals surface area contributed by atoms with Gasteiger partial charge in [0.1, 0.15) is 18.5 Å². The number of β-amino-alcohol motifs (C(OH)–C–C–N with tert-alkyl or cyclic N) is 1. The van der Waals surface area contributed by atoms with Gasteiger partial charge in [0.05, 0.1) is 0 Å². The molecule has 3 aromatic rings. The Labute approximate surface area is 152 Å². The Balaban J connectivity index is 1.40. The van der Waals surface area contributed by atoms with Crippen molar-refractivity contribution in [1.29, 1.82) is 0 Å². The van der Waals surface area contributed by atoms with Crippen LogP contribution in [-0.2, 0) is 13.0 Å². The molecule has 0 saturated carbocycles. The molecule has 1 unspecified atom stereocenters. The molecule has 0 bridgehead atoms. The van der Waals surface area contributed by atoms with Crippen molar-refractivity contribution >= 4 is 22.5 Å². The van der Waals surface area contributed by atoms with Crippen LogP contribution in [0.15, 0.2) is 48.5 Å². The average molecular weight is 357 g/mol. The molecular formula is C20H21ClN2O2. The molecule has 1 aliphatic heterocycles. The van der Waals surface area contributed by atoms with Crippen LogP contribution in [0.2, 0.25) is 5.02 Å². The monoisotopic (exact) mass is 356 g/mol. The summed E-state index contributed by atoms with van der Waals surface area (Å²) in [6.45, 7) is 2.64. The average Bonchev–Trinajstić information content (AvgIpc) is 2.98. The first-order valence-corrected chi connectivity index (χ1v) is 8.94. The standard InChI is InChI=1S/C20H21ClN2O2/c21-14-6-7-19-17(10-14)18-12-23(9-8-20(18)22-19)11-15(24)13-25-16-4-2-1-3-5-16/h1-7,10,15,22,24H,8-9,11-13H2. The number of fused-ring (bicyclic) bond motifs is 3. The van der Waals surface area contributed by atoms with Gasteiger partial charge >= 0.3 is 0 Å². The molecule has 0 aliphatic carbocycles. The number of aromatic nitrogens is 1. The Kier molecular flexibility index (Phi) is 4.66. The van der Waals surface area contributed by atoms with Gasteiger partial charge in [0.25, 0.3) is 0 Å². The summed E-state index contributed by atoms with van der Waals surface area (Å²) in [6, 6.07) is 15.6. The second-order valence-electron chi connectivity index (χ2n) is 6.54. The lowest BCUT2D eigenvalue weighted by Crippen LogP contribution is -2.38. The Morgan fingerprint density at radius 3 is 2.88 bits per heavy atom. The maximum absolute atomic E-state index is 10.3. The number of hydrogen-bond donors (Lipinski definition) is 2. The topological polar surface area (TPSA) is 48.5 Å². The molecule has 2 N–H and O–H groups in total. The first-order valence-electron chi connectivity index (χ1n) is 8.56. The molecule has 2 aromatic carbocycles. The number of rotatable bonds is 5. The van der Waals surface area contributed by atoms with Gasteiger partial charge in [-0.05, 0) is 35.9 Å². The van der Waals surface area contributed by atoms with Crippen LogP contribution in [0.4, 0.5) is 0 Å². The van der Waals surface area contributed by atoms with Crippen LogP contribution in [0.1, 0.15) is 11.3 Å². The second-order valence-corrected chi connectivity index (χ2v) is 6.97. The summed E-state index contributed by atoms with van der Waals surface area (Å²) in [6.07, 6.45) is 0.434. The SMILES string of the molecule is OC(COc1ccccc1)CN1CCc2[nH]c3ccc(Cl)cc3c2C1. The molecule has 0 radical (unpaired) electrons. The molecule has 0 amide bonds. The van der Waals surface area contributed by atoms with Gasteiger partial charge in [0.15, 0.2) is 0 Å². The van der Waals surface area contributed by atoms with E-state index in [9.17, 15) is 5.11 Å².